The van der Waals surface area contributed by atoms with Crippen molar-refractivity contribution in [2.24, 2.45) is 0 Å². The maximum atomic E-state index is 13.4. The zero-order valence-corrected chi connectivity index (χ0v) is 11.3. The van der Waals surface area contributed by atoms with E-state index in [0.717, 1.165) is 23.5 Å². The Morgan fingerprint density at radius 2 is 1.88 bits per heavy atom. The molecule has 0 bridgehead atoms. The minimum absolute atomic E-state index is 0.186. The van der Waals surface area contributed by atoms with E-state index >= 15 is 0 Å². The van der Waals surface area contributed by atoms with E-state index in [1.807, 2.05) is 0 Å². The maximum absolute atomic E-state index is 13.4. The van der Waals surface area contributed by atoms with Crippen LogP contribution in [0.5, 0.6) is 0 Å². The van der Waals surface area contributed by atoms with Gasteiger partial charge in [0.05, 0.1) is 10.4 Å². The van der Waals surface area contributed by atoms with Crippen molar-refractivity contribution in [3.8, 4) is 0 Å². The van der Waals surface area contributed by atoms with Gasteiger partial charge in [0.2, 0.25) is 5.78 Å². The molecule has 88 valence electrons. The molecule has 0 atom stereocenters. The van der Waals surface area contributed by atoms with Gasteiger partial charge in [0.15, 0.2) is 0 Å². The summed E-state index contributed by atoms with van der Waals surface area (Å²) >= 11 is 9.88. The van der Waals surface area contributed by atoms with Crippen LogP contribution in [0.3, 0.4) is 0 Å². The van der Waals surface area contributed by atoms with Crippen LogP contribution in [0.4, 0.5) is 8.78 Å². The molecule has 0 aliphatic rings. The standard InChI is InChI=1S/C11H4BrClF2OS/c12-5-4-8(17-11(5)13)10(16)9-6(14)2-1-3-7(9)15/h1-4H. The first kappa shape index (κ1) is 12.7. The highest BCUT2D eigenvalue weighted by Crippen LogP contribution is 2.33. The normalized spacial score (nSPS) is 10.6. The van der Waals surface area contributed by atoms with Crippen LogP contribution in [-0.4, -0.2) is 5.78 Å². The number of carbonyl (C=O) groups is 1. The molecule has 0 amide bonds. The van der Waals surface area contributed by atoms with Gasteiger partial charge in [0.25, 0.3) is 0 Å². The molecule has 0 saturated heterocycles. The second kappa shape index (κ2) is 4.84. The van der Waals surface area contributed by atoms with Crippen LogP contribution in [-0.2, 0) is 0 Å². The molecule has 0 radical (unpaired) electrons. The van der Waals surface area contributed by atoms with Gasteiger partial charge in [-0.05, 0) is 34.1 Å². The Balaban J connectivity index is 2.51. The summed E-state index contributed by atoms with van der Waals surface area (Å²) in [6.07, 6.45) is 0. The van der Waals surface area contributed by atoms with Crippen LogP contribution in [0.2, 0.25) is 4.34 Å². The molecule has 17 heavy (non-hydrogen) atoms. The van der Waals surface area contributed by atoms with E-state index in [-0.39, 0.29) is 4.88 Å². The third-order valence-corrected chi connectivity index (χ3v) is 4.53. The topological polar surface area (TPSA) is 17.1 Å². The zero-order chi connectivity index (χ0) is 12.6. The molecule has 1 aromatic carbocycles. The Kier molecular flexibility index (Phi) is 3.61. The first-order valence-corrected chi connectivity index (χ1v) is 6.43. The highest BCUT2D eigenvalue weighted by molar-refractivity contribution is 9.10. The monoisotopic (exact) mass is 336 g/mol. The summed E-state index contributed by atoms with van der Waals surface area (Å²) < 4.78 is 27.7. The van der Waals surface area contributed by atoms with Crippen LogP contribution in [0, 0.1) is 11.6 Å². The lowest BCUT2D eigenvalue weighted by Gasteiger charge is -2.01. The zero-order valence-electron chi connectivity index (χ0n) is 8.14. The SMILES string of the molecule is O=C(c1cc(Br)c(Cl)s1)c1c(F)cccc1F. The van der Waals surface area contributed by atoms with Crippen molar-refractivity contribution < 1.29 is 13.6 Å². The molecule has 1 aromatic heterocycles. The van der Waals surface area contributed by atoms with Gasteiger partial charge in [-0.3, -0.25) is 4.79 Å². The molecule has 0 aliphatic heterocycles. The second-order valence-corrected chi connectivity index (χ2v) is 5.67. The summed E-state index contributed by atoms with van der Waals surface area (Å²) in [6, 6.07) is 4.74. The number of rotatable bonds is 2. The molecule has 0 fully saturated rings. The number of hydrogen-bond donors (Lipinski definition) is 0. The number of hydrogen-bond acceptors (Lipinski definition) is 2. The summed E-state index contributed by atoms with van der Waals surface area (Å²) in [4.78, 5) is 12.1. The molecule has 0 saturated carbocycles. The van der Waals surface area contributed by atoms with Crippen molar-refractivity contribution in [2.45, 2.75) is 0 Å². The number of ketones is 1. The first-order valence-electron chi connectivity index (χ1n) is 4.44. The molecule has 0 unspecified atom stereocenters. The first-order chi connectivity index (χ1) is 8.00. The fourth-order valence-corrected chi connectivity index (χ4v) is 2.94. The third-order valence-electron chi connectivity index (χ3n) is 2.06. The van der Waals surface area contributed by atoms with Crippen molar-refractivity contribution >= 4 is 44.7 Å². The Morgan fingerprint density at radius 1 is 1.29 bits per heavy atom. The largest absolute Gasteiger partial charge is 0.287 e. The quantitative estimate of drug-likeness (QED) is 0.728. The molecule has 0 spiro atoms. The molecule has 0 N–H and O–H groups in total. The van der Waals surface area contributed by atoms with Gasteiger partial charge in [0, 0.05) is 4.47 Å². The van der Waals surface area contributed by atoms with E-state index < -0.39 is 23.0 Å². The molecule has 2 aromatic rings. The van der Waals surface area contributed by atoms with Gasteiger partial charge in [0.1, 0.15) is 16.0 Å². The predicted molar refractivity (Wildman–Crippen MR) is 66.8 cm³/mol. The third kappa shape index (κ3) is 2.41. The van der Waals surface area contributed by atoms with Crippen LogP contribution >= 0.6 is 38.9 Å². The van der Waals surface area contributed by atoms with Crippen molar-refractivity contribution in [1.82, 2.24) is 0 Å². The van der Waals surface area contributed by atoms with Crippen molar-refractivity contribution in [1.29, 1.82) is 0 Å². The fraction of sp³-hybridized carbons (Fsp3) is 0. The highest BCUT2D eigenvalue weighted by atomic mass is 79.9. The van der Waals surface area contributed by atoms with Gasteiger partial charge < -0.3 is 0 Å². The van der Waals surface area contributed by atoms with Crippen molar-refractivity contribution in [3.63, 3.8) is 0 Å². The number of thiophene rings is 1. The molecular weight excluding hydrogens is 334 g/mol. The van der Waals surface area contributed by atoms with Crippen molar-refractivity contribution in [3.05, 3.63) is 55.1 Å². The Bertz CT molecular complexity index is 557. The highest BCUT2D eigenvalue weighted by Gasteiger charge is 2.21. The van der Waals surface area contributed by atoms with Gasteiger partial charge in [-0.1, -0.05) is 17.7 Å². The number of halogens is 4. The summed E-state index contributed by atoms with van der Waals surface area (Å²) in [6.45, 7) is 0. The number of carbonyl (C=O) groups excluding carboxylic acids is 1. The summed E-state index contributed by atoms with van der Waals surface area (Å²) in [5.41, 5.74) is -0.557. The van der Waals surface area contributed by atoms with Gasteiger partial charge in [-0.25, -0.2) is 8.78 Å². The minimum atomic E-state index is -0.879. The van der Waals surface area contributed by atoms with Crippen LogP contribution in [0.1, 0.15) is 15.2 Å². The van der Waals surface area contributed by atoms with E-state index in [2.05, 4.69) is 15.9 Å². The summed E-state index contributed by atoms with van der Waals surface area (Å²) in [5.74, 6) is -2.47. The van der Waals surface area contributed by atoms with Crippen LogP contribution in [0.25, 0.3) is 0 Å². The maximum Gasteiger partial charge on any atom is 0.208 e. The average Bonchev–Trinajstić information content (AvgIpc) is 2.59. The number of benzene rings is 1. The Morgan fingerprint density at radius 3 is 2.35 bits per heavy atom. The molecular formula is C11H4BrClF2OS. The smallest absolute Gasteiger partial charge is 0.208 e. The average molecular weight is 338 g/mol. The molecule has 1 nitrogen and oxygen atoms in total. The predicted octanol–water partition coefficient (Wildman–Crippen LogP) is 4.67. The van der Waals surface area contributed by atoms with E-state index in [9.17, 15) is 13.6 Å². The van der Waals surface area contributed by atoms with E-state index in [1.54, 1.807) is 0 Å². The molecule has 0 aliphatic carbocycles. The minimum Gasteiger partial charge on any atom is -0.287 e. The van der Waals surface area contributed by atoms with E-state index in [4.69, 9.17) is 11.6 Å². The Labute approximate surface area is 113 Å². The fourth-order valence-electron chi connectivity index (χ4n) is 1.30. The molecule has 2 rings (SSSR count). The summed E-state index contributed by atoms with van der Waals surface area (Å²) in [7, 11) is 0. The molecule has 1 heterocycles. The lowest BCUT2D eigenvalue weighted by Crippen LogP contribution is -2.05. The van der Waals surface area contributed by atoms with E-state index in [1.165, 1.54) is 12.1 Å². The van der Waals surface area contributed by atoms with Gasteiger partial charge in [-0.2, -0.15) is 0 Å². The lowest BCUT2D eigenvalue weighted by atomic mass is 10.1. The van der Waals surface area contributed by atoms with E-state index in [0.29, 0.717) is 8.81 Å². The summed E-state index contributed by atoms with van der Waals surface area (Å²) in [5, 5.41) is 0. The molecule has 6 heteroatoms. The van der Waals surface area contributed by atoms with Crippen LogP contribution in [0.15, 0.2) is 28.7 Å². The Hall–Kier alpha value is -0.780. The lowest BCUT2D eigenvalue weighted by molar-refractivity contribution is 0.103. The van der Waals surface area contributed by atoms with Gasteiger partial charge >= 0.3 is 0 Å². The van der Waals surface area contributed by atoms with Crippen molar-refractivity contribution in [2.75, 3.05) is 0 Å². The van der Waals surface area contributed by atoms with Gasteiger partial charge in [-0.15, -0.1) is 11.3 Å². The van der Waals surface area contributed by atoms with Crippen LogP contribution < -0.4 is 0 Å². The second-order valence-electron chi connectivity index (χ2n) is 3.16.